The maximum atomic E-state index is 6.34. The number of rotatable bonds is 3. The third kappa shape index (κ3) is 2.52. The van der Waals surface area contributed by atoms with Crippen LogP contribution in [0.1, 0.15) is 53.7 Å². The summed E-state index contributed by atoms with van der Waals surface area (Å²) in [5.41, 5.74) is 8.82. The van der Waals surface area contributed by atoms with Gasteiger partial charge in [-0.25, -0.2) is 4.98 Å². The van der Waals surface area contributed by atoms with Crippen molar-refractivity contribution < 1.29 is 0 Å². The molecular formula is C17H22N2S. The van der Waals surface area contributed by atoms with E-state index in [0.29, 0.717) is 5.92 Å². The third-order valence-electron chi connectivity index (χ3n) is 4.43. The second-order valence-electron chi connectivity index (χ2n) is 6.01. The molecule has 3 heteroatoms. The Labute approximate surface area is 125 Å². The van der Waals surface area contributed by atoms with Crippen molar-refractivity contribution in [1.29, 1.82) is 0 Å². The molecule has 1 aromatic carbocycles. The van der Waals surface area contributed by atoms with Gasteiger partial charge in [-0.15, -0.1) is 11.3 Å². The van der Waals surface area contributed by atoms with E-state index in [-0.39, 0.29) is 5.54 Å². The first-order valence-electron chi connectivity index (χ1n) is 7.43. The van der Waals surface area contributed by atoms with Crippen molar-refractivity contribution in [2.45, 2.75) is 51.0 Å². The van der Waals surface area contributed by atoms with Crippen LogP contribution in [0.15, 0.2) is 30.3 Å². The van der Waals surface area contributed by atoms with Gasteiger partial charge >= 0.3 is 0 Å². The smallest absolute Gasteiger partial charge is 0.113 e. The Morgan fingerprint density at radius 2 is 2.10 bits per heavy atom. The summed E-state index contributed by atoms with van der Waals surface area (Å²) in [4.78, 5) is 6.26. The number of aromatic nitrogens is 1. The van der Waals surface area contributed by atoms with Crippen LogP contribution in [0.3, 0.4) is 0 Å². The molecule has 0 spiro atoms. The van der Waals surface area contributed by atoms with E-state index in [1.54, 1.807) is 0 Å². The van der Waals surface area contributed by atoms with E-state index in [2.05, 4.69) is 44.2 Å². The number of nitrogens with two attached hydrogens (primary N) is 1. The van der Waals surface area contributed by atoms with Gasteiger partial charge in [0.1, 0.15) is 5.01 Å². The zero-order valence-corrected chi connectivity index (χ0v) is 13.0. The van der Waals surface area contributed by atoms with E-state index in [0.717, 1.165) is 24.3 Å². The molecule has 106 valence electrons. The molecule has 1 aliphatic rings. The van der Waals surface area contributed by atoms with Crippen LogP contribution in [0.4, 0.5) is 0 Å². The molecule has 0 radical (unpaired) electrons. The molecular weight excluding hydrogens is 264 g/mol. The average Bonchev–Trinajstić information content (AvgIpc) is 2.92. The fourth-order valence-corrected chi connectivity index (χ4v) is 4.10. The summed E-state index contributed by atoms with van der Waals surface area (Å²) < 4.78 is 0. The fraction of sp³-hybridized carbons (Fsp3) is 0.471. The number of nitrogens with zero attached hydrogens (tertiary/aromatic N) is 1. The highest BCUT2D eigenvalue weighted by Crippen LogP contribution is 2.38. The first-order valence-corrected chi connectivity index (χ1v) is 8.24. The lowest BCUT2D eigenvalue weighted by molar-refractivity contribution is 0.471. The lowest BCUT2D eigenvalue weighted by atomic mass is 9.85. The van der Waals surface area contributed by atoms with E-state index in [4.69, 9.17) is 10.7 Å². The van der Waals surface area contributed by atoms with Crippen molar-refractivity contribution in [3.05, 3.63) is 51.5 Å². The van der Waals surface area contributed by atoms with Crippen LogP contribution in [0, 0.1) is 0 Å². The molecule has 20 heavy (non-hydrogen) atoms. The highest BCUT2D eigenvalue weighted by Gasteiger charge is 2.28. The summed E-state index contributed by atoms with van der Waals surface area (Å²) in [5, 5.41) is 1.11. The van der Waals surface area contributed by atoms with Gasteiger partial charge < -0.3 is 5.73 Å². The Morgan fingerprint density at radius 3 is 2.80 bits per heavy atom. The molecule has 0 fully saturated rings. The molecule has 0 amide bonds. The molecule has 1 aliphatic carbocycles. The van der Waals surface area contributed by atoms with Crippen LogP contribution in [0.25, 0.3) is 0 Å². The van der Waals surface area contributed by atoms with Gasteiger partial charge in [0.25, 0.3) is 0 Å². The normalized spacial score (nSPS) is 21.2. The van der Waals surface area contributed by atoms with E-state index in [1.807, 2.05) is 11.3 Å². The minimum Gasteiger partial charge on any atom is -0.320 e. The van der Waals surface area contributed by atoms with Gasteiger partial charge in [-0.3, -0.25) is 0 Å². The molecule has 1 aromatic heterocycles. The quantitative estimate of drug-likeness (QED) is 0.926. The lowest BCUT2D eigenvalue weighted by Crippen LogP contribution is -2.31. The monoisotopic (exact) mass is 286 g/mol. The highest BCUT2D eigenvalue weighted by atomic mass is 32.1. The van der Waals surface area contributed by atoms with Gasteiger partial charge in [-0.1, -0.05) is 37.3 Å². The average molecular weight is 286 g/mol. The Balaban J connectivity index is 1.85. The predicted octanol–water partition coefficient (Wildman–Crippen LogP) is 4.00. The zero-order chi connectivity index (χ0) is 14.2. The summed E-state index contributed by atoms with van der Waals surface area (Å²) >= 11 is 1.83. The van der Waals surface area contributed by atoms with Gasteiger partial charge in [0, 0.05) is 4.88 Å². The van der Waals surface area contributed by atoms with E-state index in [9.17, 15) is 0 Å². The van der Waals surface area contributed by atoms with Crippen molar-refractivity contribution in [3.8, 4) is 0 Å². The molecule has 1 heterocycles. The number of aryl methyl sites for hydroxylation is 1. The number of benzene rings is 1. The van der Waals surface area contributed by atoms with Crippen LogP contribution in [-0.4, -0.2) is 4.98 Å². The van der Waals surface area contributed by atoms with E-state index < -0.39 is 0 Å². The number of hydrogen-bond acceptors (Lipinski definition) is 3. The minimum absolute atomic E-state index is 0.274. The Bertz CT molecular complexity index is 586. The summed E-state index contributed by atoms with van der Waals surface area (Å²) in [6, 6.07) is 10.9. The first-order chi connectivity index (χ1) is 9.60. The molecule has 3 rings (SSSR count). The van der Waals surface area contributed by atoms with Gasteiger partial charge in [0.05, 0.1) is 11.2 Å². The van der Waals surface area contributed by atoms with E-state index in [1.165, 1.54) is 22.6 Å². The second kappa shape index (κ2) is 5.30. The first kappa shape index (κ1) is 13.8. The Hall–Kier alpha value is -1.19. The maximum Gasteiger partial charge on any atom is 0.113 e. The summed E-state index contributed by atoms with van der Waals surface area (Å²) in [6.45, 7) is 4.22. The van der Waals surface area contributed by atoms with Gasteiger partial charge in [0.15, 0.2) is 0 Å². The lowest BCUT2D eigenvalue weighted by Gasteiger charge is -2.21. The predicted molar refractivity (Wildman–Crippen MR) is 85.2 cm³/mol. The third-order valence-corrected chi connectivity index (χ3v) is 5.83. The van der Waals surface area contributed by atoms with Crippen LogP contribution in [0.5, 0.6) is 0 Å². The molecule has 0 saturated carbocycles. The molecule has 2 aromatic rings. The second-order valence-corrected chi connectivity index (χ2v) is 7.09. The molecule has 2 unspecified atom stereocenters. The van der Waals surface area contributed by atoms with Gasteiger partial charge in [-0.05, 0) is 44.1 Å². The molecule has 2 N–H and O–H groups in total. The molecule has 0 saturated heterocycles. The Kier molecular flexibility index (Phi) is 3.65. The summed E-state index contributed by atoms with van der Waals surface area (Å²) in [7, 11) is 0. The highest BCUT2D eigenvalue weighted by molar-refractivity contribution is 7.11. The molecule has 0 bridgehead atoms. The fourth-order valence-electron chi connectivity index (χ4n) is 2.78. The number of fused-ring (bicyclic) bond motifs is 1. The Morgan fingerprint density at radius 1 is 1.35 bits per heavy atom. The van der Waals surface area contributed by atoms with Crippen LogP contribution >= 0.6 is 11.3 Å². The van der Waals surface area contributed by atoms with Crippen molar-refractivity contribution in [2.75, 3.05) is 0 Å². The maximum absolute atomic E-state index is 6.34. The summed E-state index contributed by atoms with van der Waals surface area (Å²) in [5.74, 6) is 0.641. The van der Waals surface area contributed by atoms with E-state index >= 15 is 0 Å². The van der Waals surface area contributed by atoms with Crippen molar-refractivity contribution in [1.82, 2.24) is 4.98 Å². The van der Waals surface area contributed by atoms with Crippen LogP contribution in [0.2, 0.25) is 0 Å². The topological polar surface area (TPSA) is 38.9 Å². The van der Waals surface area contributed by atoms with Crippen molar-refractivity contribution in [2.24, 2.45) is 5.73 Å². The number of hydrogen-bond donors (Lipinski definition) is 1. The zero-order valence-electron chi connectivity index (χ0n) is 12.2. The summed E-state index contributed by atoms with van der Waals surface area (Å²) in [6.07, 6.45) is 4.34. The van der Waals surface area contributed by atoms with Crippen molar-refractivity contribution >= 4 is 11.3 Å². The minimum atomic E-state index is -0.274. The largest absolute Gasteiger partial charge is 0.320 e. The standard InChI is InChI=1S/C17H22N2S/c1-3-17(2,18)16-19-14-10-9-13(11-15(14)20-16)12-7-5-4-6-8-12/h4-8,13H,3,9-11,18H2,1-2H3. The molecule has 2 nitrogen and oxygen atoms in total. The molecule has 2 atom stereocenters. The van der Waals surface area contributed by atoms with Gasteiger partial charge in [-0.2, -0.15) is 0 Å². The van der Waals surface area contributed by atoms with Crippen molar-refractivity contribution in [3.63, 3.8) is 0 Å². The SMILES string of the molecule is CCC(C)(N)c1nc2c(s1)CC(c1ccccc1)CC2. The van der Waals surface area contributed by atoms with Crippen LogP contribution in [-0.2, 0) is 18.4 Å². The molecule has 0 aliphatic heterocycles. The van der Waals surface area contributed by atoms with Gasteiger partial charge in [0.2, 0.25) is 0 Å². The number of thiazole rings is 1. The van der Waals surface area contributed by atoms with Crippen LogP contribution < -0.4 is 5.73 Å².